The highest BCUT2D eigenvalue weighted by Gasteiger charge is 2.55. The Kier molecular flexibility index (Phi) is 5.03. The molecule has 1 aromatic carbocycles. The van der Waals surface area contributed by atoms with Crippen molar-refractivity contribution in [1.82, 2.24) is 9.80 Å². The maximum Gasteiger partial charge on any atom is 0.253 e. The van der Waals surface area contributed by atoms with Crippen LogP contribution in [0.2, 0.25) is 0 Å². The van der Waals surface area contributed by atoms with Gasteiger partial charge in [-0.2, -0.15) is 0 Å². The Morgan fingerprint density at radius 1 is 0.833 bits per heavy atom. The standard InChI is InChI=1S/C25H35N3O2/c1-26(2)22-6-4-21(5-7-22)23(29)27-8-3-9-28(11-10-27)24(30)25-15-18-12-19(16-25)14-20(13-18)17-25/h4-7,18-20H,3,8-17H2,1-2H3. The maximum atomic E-state index is 13.7. The van der Waals surface area contributed by atoms with Crippen LogP contribution in [-0.4, -0.2) is 61.9 Å². The molecular formula is C25H35N3O2. The topological polar surface area (TPSA) is 43.9 Å². The smallest absolute Gasteiger partial charge is 0.253 e. The van der Waals surface area contributed by atoms with E-state index in [-0.39, 0.29) is 11.3 Å². The third kappa shape index (κ3) is 3.50. The molecule has 5 heteroatoms. The molecule has 0 radical (unpaired) electrons. The van der Waals surface area contributed by atoms with Gasteiger partial charge in [0.05, 0.1) is 5.41 Å². The lowest BCUT2D eigenvalue weighted by molar-refractivity contribution is -0.157. The molecule has 30 heavy (non-hydrogen) atoms. The van der Waals surface area contributed by atoms with Crippen molar-refractivity contribution in [2.75, 3.05) is 45.2 Å². The molecule has 0 spiro atoms. The Bertz CT molecular complexity index is 781. The first kappa shape index (κ1) is 19.9. The van der Waals surface area contributed by atoms with Gasteiger partial charge < -0.3 is 14.7 Å². The lowest BCUT2D eigenvalue weighted by atomic mass is 9.49. The van der Waals surface area contributed by atoms with Crippen molar-refractivity contribution >= 4 is 17.5 Å². The Labute approximate surface area is 180 Å². The molecule has 4 bridgehead atoms. The van der Waals surface area contributed by atoms with E-state index in [9.17, 15) is 9.59 Å². The molecule has 0 N–H and O–H groups in total. The van der Waals surface area contributed by atoms with Gasteiger partial charge in [0.1, 0.15) is 0 Å². The molecule has 5 aliphatic rings. The minimum atomic E-state index is -0.0735. The second-order valence-corrected chi connectivity index (χ2v) is 10.6. The maximum absolute atomic E-state index is 13.7. The SMILES string of the molecule is CN(C)c1ccc(C(=O)N2CCCN(C(=O)C34CC5CC(CC(C5)C3)C4)CC2)cc1. The van der Waals surface area contributed by atoms with E-state index in [0.717, 1.165) is 67.8 Å². The van der Waals surface area contributed by atoms with Crippen LogP contribution in [0.4, 0.5) is 5.69 Å². The van der Waals surface area contributed by atoms with Crippen molar-refractivity contribution < 1.29 is 9.59 Å². The van der Waals surface area contributed by atoms with Gasteiger partial charge in [0.15, 0.2) is 0 Å². The van der Waals surface area contributed by atoms with Gasteiger partial charge in [-0.25, -0.2) is 0 Å². The number of hydrogen-bond donors (Lipinski definition) is 0. The molecule has 1 saturated heterocycles. The van der Waals surface area contributed by atoms with Gasteiger partial charge in [-0.1, -0.05) is 0 Å². The van der Waals surface area contributed by atoms with Gasteiger partial charge in [0.25, 0.3) is 5.91 Å². The van der Waals surface area contributed by atoms with Crippen LogP contribution in [0.3, 0.4) is 0 Å². The van der Waals surface area contributed by atoms with Crippen LogP contribution in [-0.2, 0) is 4.79 Å². The van der Waals surface area contributed by atoms with Crippen molar-refractivity contribution in [3.63, 3.8) is 0 Å². The average Bonchev–Trinajstić information content (AvgIpc) is 2.98. The number of carbonyl (C=O) groups excluding carboxylic acids is 2. The van der Waals surface area contributed by atoms with E-state index in [1.165, 1.54) is 19.3 Å². The molecule has 1 aliphatic heterocycles. The van der Waals surface area contributed by atoms with Crippen molar-refractivity contribution in [2.24, 2.45) is 23.2 Å². The monoisotopic (exact) mass is 409 g/mol. The summed E-state index contributed by atoms with van der Waals surface area (Å²) < 4.78 is 0. The molecular weight excluding hydrogens is 374 g/mol. The predicted octanol–water partition coefficient (Wildman–Crippen LogP) is 3.64. The fourth-order valence-corrected chi connectivity index (χ4v) is 7.12. The second kappa shape index (κ2) is 7.58. The van der Waals surface area contributed by atoms with Crippen LogP contribution in [0.25, 0.3) is 0 Å². The van der Waals surface area contributed by atoms with E-state index in [1.807, 2.05) is 48.2 Å². The molecule has 5 nitrogen and oxygen atoms in total. The lowest BCUT2D eigenvalue weighted by Crippen LogP contribution is -2.55. The van der Waals surface area contributed by atoms with Crippen LogP contribution in [0.5, 0.6) is 0 Å². The quantitative estimate of drug-likeness (QED) is 0.766. The summed E-state index contributed by atoms with van der Waals surface area (Å²) >= 11 is 0. The zero-order valence-electron chi connectivity index (χ0n) is 18.5. The van der Waals surface area contributed by atoms with E-state index in [0.29, 0.717) is 19.0 Å². The van der Waals surface area contributed by atoms with Crippen LogP contribution in [0, 0.1) is 23.2 Å². The fourth-order valence-electron chi connectivity index (χ4n) is 7.12. The highest BCUT2D eigenvalue weighted by molar-refractivity contribution is 5.94. The molecule has 4 saturated carbocycles. The minimum absolute atomic E-state index is 0.0735. The van der Waals surface area contributed by atoms with Crippen molar-refractivity contribution in [3.8, 4) is 0 Å². The second-order valence-electron chi connectivity index (χ2n) is 10.6. The molecule has 1 heterocycles. The Hall–Kier alpha value is -2.04. The zero-order chi connectivity index (χ0) is 20.9. The van der Waals surface area contributed by atoms with Gasteiger partial charge in [0, 0.05) is 51.5 Å². The number of nitrogens with zero attached hydrogens (tertiary/aromatic N) is 3. The normalized spacial score (nSPS) is 32.8. The summed E-state index contributed by atoms with van der Waals surface area (Å²) in [7, 11) is 4.00. The van der Waals surface area contributed by atoms with Crippen LogP contribution in [0.15, 0.2) is 24.3 Å². The highest BCUT2D eigenvalue weighted by atomic mass is 16.2. The van der Waals surface area contributed by atoms with E-state index >= 15 is 0 Å². The summed E-state index contributed by atoms with van der Waals surface area (Å²) in [5, 5.41) is 0. The van der Waals surface area contributed by atoms with Crippen LogP contribution < -0.4 is 4.90 Å². The lowest BCUT2D eigenvalue weighted by Gasteiger charge is -2.56. The number of carbonyl (C=O) groups is 2. The highest BCUT2D eigenvalue weighted by Crippen LogP contribution is 2.60. The van der Waals surface area contributed by atoms with E-state index in [2.05, 4.69) is 4.90 Å². The van der Waals surface area contributed by atoms with Crippen molar-refractivity contribution in [1.29, 1.82) is 0 Å². The van der Waals surface area contributed by atoms with Gasteiger partial charge in [0.2, 0.25) is 5.91 Å². The van der Waals surface area contributed by atoms with Crippen LogP contribution in [0.1, 0.15) is 55.3 Å². The molecule has 4 aliphatic carbocycles. The summed E-state index contributed by atoms with van der Waals surface area (Å²) in [4.78, 5) is 32.8. The van der Waals surface area contributed by atoms with E-state index in [1.54, 1.807) is 0 Å². The first-order valence-electron chi connectivity index (χ1n) is 11.8. The molecule has 2 amide bonds. The Morgan fingerprint density at radius 2 is 1.37 bits per heavy atom. The third-order valence-corrected chi connectivity index (χ3v) is 8.19. The van der Waals surface area contributed by atoms with Crippen molar-refractivity contribution in [3.05, 3.63) is 29.8 Å². The predicted molar refractivity (Wildman–Crippen MR) is 118 cm³/mol. The van der Waals surface area contributed by atoms with Crippen molar-refractivity contribution in [2.45, 2.75) is 44.9 Å². The van der Waals surface area contributed by atoms with Gasteiger partial charge in [-0.3, -0.25) is 9.59 Å². The molecule has 162 valence electrons. The van der Waals surface area contributed by atoms with E-state index in [4.69, 9.17) is 0 Å². The summed E-state index contributed by atoms with van der Waals surface area (Å²) in [5.74, 6) is 2.86. The summed E-state index contributed by atoms with van der Waals surface area (Å²) in [6, 6.07) is 7.82. The van der Waals surface area contributed by atoms with E-state index < -0.39 is 0 Å². The Morgan fingerprint density at radius 3 is 1.93 bits per heavy atom. The fraction of sp³-hybridized carbons (Fsp3) is 0.680. The molecule has 0 atom stereocenters. The number of amides is 2. The molecule has 0 aromatic heterocycles. The molecule has 6 rings (SSSR count). The van der Waals surface area contributed by atoms with Gasteiger partial charge in [-0.05, 0) is 87.0 Å². The van der Waals surface area contributed by atoms with Gasteiger partial charge >= 0.3 is 0 Å². The largest absolute Gasteiger partial charge is 0.378 e. The first-order chi connectivity index (χ1) is 14.4. The minimum Gasteiger partial charge on any atom is -0.378 e. The zero-order valence-corrected chi connectivity index (χ0v) is 18.5. The summed E-state index contributed by atoms with van der Waals surface area (Å²) in [5.41, 5.74) is 1.76. The number of anilines is 1. The number of hydrogen-bond acceptors (Lipinski definition) is 3. The Balaban J connectivity index is 1.24. The molecule has 0 unspecified atom stereocenters. The summed E-state index contributed by atoms with van der Waals surface area (Å²) in [6.45, 7) is 2.86. The number of rotatable bonds is 3. The average molecular weight is 410 g/mol. The van der Waals surface area contributed by atoms with Crippen LogP contribution >= 0.6 is 0 Å². The first-order valence-corrected chi connectivity index (χ1v) is 11.8. The third-order valence-electron chi connectivity index (χ3n) is 8.19. The number of benzene rings is 1. The summed E-state index contributed by atoms with van der Waals surface area (Å²) in [6.07, 6.45) is 8.32. The molecule has 1 aromatic rings. The van der Waals surface area contributed by atoms with Gasteiger partial charge in [-0.15, -0.1) is 0 Å². The molecule has 5 fully saturated rings.